The van der Waals surface area contributed by atoms with Gasteiger partial charge < -0.3 is 10.1 Å². The molecule has 1 N–H and O–H groups in total. The van der Waals surface area contributed by atoms with Gasteiger partial charge in [-0.3, -0.25) is 4.79 Å². The van der Waals surface area contributed by atoms with E-state index in [4.69, 9.17) is 4.74 Å². The quantitative estimate of drug-likeness (QED) is 0.734. The molecule has 2 unspecified atom stereocenters. The van der Waals surface area contributed by atoms with E-state index in [9.17, 15) is 4.79 Å². The first-order valence-electron chi connectivity index (χ1n) is 5.71. The Balaban J connectivity index is 1.66. The van der Waals surface area contributed by atoms with E-state index in [-0.39, 0.29) is 5.92 Å². The minimum atomic E-state index is 0.288. The number of carbonyl (C=O) groups is 1. The van der Waals surface area contributed by atoms with Crippen LogP contribution in [0.4, 0.5) is 0 Å². The van der Waals surface area contributed by atoms with Crippen molar-refractivity contribution in [2.45, 2.75) is 38.2 Å². The van der Waals surface area contributed by atoms with Crippen molar-refractivity contribution in [1.82, 2.24) is 5.32 Å². The molecule has 0 aromatic carbocycles. The molecule has 2 fully saturated rings. The summed E-state index contributed by atoms with van der Waals surface area (Å²) in [7, 11) is 0. The molecule has 2 aliphatic rings. The Kier molecular flexibility index (Phi) is 3.54. The van der Waals surface area contributed by atoms with Crippen molar-refractivity contribution in [2.24, 2.45) is 5.92 Å². The van der Waals surface area contributed by atoms with Gasteiger partial charge >= 0.3 is 0 Å². The lowest BCUT2D eigenvalue weighted by molar-refractivity contribution is -0.122. The summed E-state index contributed by atoms with van der Waals surface area (Å²) in [5.74, 6) is 0.724. The SMILES string of the molecule is O=C(CCC1CCCO1)C1CCNC1. The van der Waals surface area contributed by atoms with Gasteiger partial charge in [-0.15, -0.1) is 0 Å². The van der Waals surface area contributed by atoms with E-state index >= 15 is 0 Å². The average Bonchev–Trinajstić information content (AvgIpc) is 2.87. The van der Waals surface area contributed by atoms with Gasteiger partial charge in [-0.25, -0.2) is 0 Å². The number of nitrogens with one attached hydrogen (secondary N) is 1. The number of ether oxygens (including phenoxy) is 1. The monoisotopic (exact) mass is 197 g/mol. The van der Waals surface area contributed by atoms with Crippen LogP contribution in [0.1, 0.15) is 32.1 Å². The summed E-state index contributed by atoms with van der Waals surface area (Å²) >= 11 is 0. The molecular weight excluding hydrogens is 178 g/mol. The van der Waals surface area contributed by atoms with Crippen LogP contribution in [0.2, 0.25) is 0 Å². The maximum Gasteiger partial charge on any atom is 0.137 e. The van der Waals surface area contributed by atoms with Crippen LogP contribution in [0.3, 0.4) is 0 Å². The van der Waals surface area contributed by atoms with Crippen LogP contribution in [0.25, 0.3) is 0 Å². The van der Waals surface area contributed by atoms with Gasteiger partial charge in [0.25, 0.3) is 0 Å². The lowest BCUT2D eigenvalue weighted by Gasteiger charge is -2.10. The van der Waals surface area contributed by atoms with Gasteiger partial charge in [-0.2, -0.15) is 0 Å². The van der Waals surface area contributed by atoms with Crippen LogP contribution in [-0.2, 0) is 9.53 Å². The summed E-state index contributed by atoms with van der Waals surface area (Å²) in [5, 5.41) is 3.23. The number of hydrogen-bond acceptors (Lipinski definition) is 3. The maximum atomic E-state index is 11.7. The topological polar surface area (TPSA) is 38.3 Å². The highest BCUT2D eigenvalue weighted by molar-refractivity contribution is 5.81. The Labute approximate surface area is 85.2 Å². The number of hydrogen-bond donors (Lipinski definition) is 1. The number of Topliss-reactive ketones (excluding diaryl/α,β-unsaturated/α-hetero) is 1. The minimum Gasteiger partial charge on any atom is -0.378 e. The fourth-order valence-electron chi connectivity index (χ4n) is 2.31. The second kappa shape index (κ2) is 4.89. The van der Waals surface area contributed by atoms with E-state index < -0.39 is 0 Å². The van der Waals surface area contributed by atoms with Crippen molar-refractivity contribution in [1.29, 1.82) is 0 Å². The van der Waals surface area contributed by atoms with Crippen LogP contribution in [0.15, 0.2) is 0 Å². The van der Waals surface area contributed by atoms with Crippen LogP contribution >= 0.6 is 0 Å². The molecule has 0 aromatic heterocycles. The van der Waals surface area contributed by atoms with Crippen LogP contribution in [-0.4, -0.2) is 31.6 Å². The van der Waals surface area contributed by atoms with Crippen molar-refractivity contribution in [3.8, 4) is 0 Å². The smallest absolute Gasteiger partial charge is 0.137 e. The van der Waals surface area contributed by atoms with Crippen LogP contribution in [0, 0.1) is 5.92 Å². The first-order valence-corrected chi connectivity index (χ1v) is 5.71. The zero-order valence-corrected chi connectivity index (χ0v) is 8.63. The molecule has 2 saturated heterocycles. The molecule has 0 saturated carbocycles. The highest BCUT2D eigenvalue weighted by atomic mass is 16.5. The summed E-state index contributed by atoms with van der Waals surface area (Å²) in [4.78, 5) is 11.7. The van der Waals surface area contributed by atoms with Crippen molar-refractivity contribution in [2.75, 3.05) is 19.7 Å². The molecular formula is C11H19NO2. The lowest BCUT2D eigenvalue weighted by atomic mass is 9.98. The second-order valence-electron chi connectivity index (χ2n) is 4.33. The highest BCUT2D eigenvalue weighted by Crippen LogP contribution is 2.19. The lowest BCUT2D eigenvalue weighted by Crippen LogP contribution is -2.19. The molecule has 0 aromatic rings. The van der Waals surface area contributed by atoms with Gasteiger partial charge in [-0.1, -0.05) is 0 Å². The van der Waals surface area contributed by atoms with Crippen molar-refractivity contribution >= 4 is 5.78 Å². The van der Waals surface area contributed by atoms with E-state index in [1.807, 2.05) is 0 Å². The molecule has 0 aliphatic carbocycles. The molecule has 0 spiro atoms. The number of ketones is 1. The molecule has 3 nitrogen and oxygen atoms in total. The minimum absolute atomic E-state index is 0.288. The van der Waals surface area contributed by atoms with Gasteiger partial charge in [0.15, 0.2) is 0 Å². The summed E-state index contributed by atoms with van der Waals surface area (Å²) in [5.41, 5.74) is 0. The summed E-state index contributed by atoms with van der Waals surface area (Å²) in [6, 6.07) is 0. The molecule has 2 heterocycles. The summed E-state index contributed by atoms with van der Waals surface area (Å²) < 4.78 is 5.50. The van der Waals surface area contributed by atoms with E-state index in [1.165, 1.54) is 6.42 Å². The van der Waals surface area contributed by atoms with E-state index in [2.05, 4.69) is 5.32 Å². The normalized spacial score (nSPS) is 32.3. The third-order valence-electron chi connectivity index (χ3n) is 3.25. The second-order valence-corrected chi connectivity index (χ2v) is 4.33. The van der Waals surface area contributed by atoms with Crippen LogP contribution < -0.4 is 5.32 Å². The predicted octanol–water partition coefficient (Wildman–Crippen LogP) is 1.12. The molecule has 0 radical (unpaired) electrons. The number of rotatable bonds is 4. The highest BCUT2D eigenvalue weighted by Gasteiger charge is 2.23. The summed E-state index contributed by atoms with van der Waals surface area (Å²) in [6.45, 7) is 2.80. The Morgan fingerprint density at radius 3 is 3.00 bits per heavy atom. The van der Waals surface area contributed by atoms with Crippen molar-refractivity contribution < 1.29 is 9.53 Å². The molecule has 0 amide bonds. The van der Waals surface area contributed by atoms with E-state index in [0.717, 1.165) is 45.4 Å². The fourth-order valence-corrected chi connectivity index (χ4v) is 2.31. The molecule has 2 aliphatic heterocycles. The maximum absolute atomic E-state index is 11.7. The van der Waals surface area contributed by atoms with Gasteiger partial charge in [0.05, 0.1) is 6.10 Å². The van der Waals surface area contributed by atoms with E-state index in [0.29, 0.717) is 11.9 Å². The Morgan fingerprint density at radius 1 is 1.43 bits per heavy atom. The third-order valence-corrected chi connectivity index (χ3v) is 3.25. The Hall–Kier alpha value is -0.410. The first-order chi connectivity index (χ1) is 6.86. The fraction of sp³-hybridized carbons (Fsp3) is 0.909. The van der Waals surface area contributed by atoms with E-state index in [1.54, 1.807) is 0 Å². The molecule has 80 valence electrons. The van der Waals surface area contributed by atoms with Crippen LogP contribution in [0.5, 0.6) is 0 Å². The standard InChI is InChI=1S/C11H19NO2/c13-11(9-5-6-12-8-9)4-3-10-2-1-7-14-10/h9-10,12H,1-8H2. The first kappa shape index (κ1) is 10.1. The van der Waals surface area contributed by atoms with Gasteiger partial charge in [0.1, 0.15) is 5.78 Å². The predicted molar refractivity (Wildman–Crippen MR) is 54.2 cm³/mol. The summed E-state index contributed by atoms with van der Waals surface area (Å²) in [6.07, 6.45) is 5.38. The molecule has 2 atom stereocenters. The molecule has 3 heteroatoms. The Morgan fingerprint density at radius 2 is 2.36 bits per heavy atom. The number of carbonyl (C=O) groups excluding carboxylic acids is 1. The zero-order valence-electron chi connectivity index (χ0n) is 8.63. The zero-order chi connectivity index (χ0) is 9.80. The largest absolute Gasteiger partial charge is 0.378 e. The molecule has 0 bridgehead atoms. The van der Waals surface area contributed by atoms with Gasteiger partial charge in [-0.05, 0) is 32.2 Å². The van der Waals surface area contributed by atoms with Crippen molar-refractivity contribution in [3.63, 3.8) is 0 Å². The van der Waals surface area contributed by atoms with Crippen molar-refractivity contribution in [3.05, 3.63) is 0 Å². The Bertz CT molecular complexity index is 193. The third kappa shape index (κ3) is 2.55. The average molecular weight is 197 g/mol. The van der Waals surface area contributed by atoms with Gasteiger partial charge in [0.2, 0.25) is 0 Å². The van der Waals surface area contributed by atoms with Gasteiger partial charge in [0, 0.05) is 25.5 Å². The molecule has 14 heavy (non-hydrogen) atoms. The molecule has 2 rings (SSSR count).